The molecule has 2 aromatic heterocycles. The molecule has 1 aliphatic heterocycles. The Balaban J connectivity index is 1.29. The van der Waals surface area contributed by atoms with Crippen molar-refractivity contribution in [1.29, 1.82) is 5.26 Å². The van der Waals surface area contributed by atoms with Crippen molar-refractivity contribution in [2.24, 2.45) is 7.05 Å². The first-order chi connectivity index (χ1) is 17.5. The van der Waals surface area contributed by atoms with E-state index in [1.807, 2.05) is 36.5 Å². The molecule has 2 N–H and O–H groups in total. The molecule has 182 valence electrons. The summed E-state index contributed by atoms with van der Waals surface area (Å²) >= 11 is 0. The highest BCUT2D eigenvalue weighted by Gasteiger charge is 2.29. The van der Waals surface area contributed by atoms with Crippen LogP contribution in [0, 0.1) is 11.3 Å². The van der Waals surface area contributed by atoms with Crippen LogP contribution in [0.2, 0.25) is 0 Å². The Morgan fingerprint density at radius 2 is 2.03 bits per heavy atom. The monoisotopic (exact) mass is 482 g/mol. The average Bonchev–Trinajstić information content (AvgIpc) is 3.46. The molecule has 2 aromatic carbocycles. The van der Waals surface area contributed by atoms with Gasteiger partial charge in [0.05, 0.1) is 30.9 Å². The largest absolute Gasteiger partial charge is 0.497 e. The molecule has 0 radical (unpaired) electrons. The Morgan fingerprint density at radius 1 is 1.22 bits per heavy atom. The Morgan fingerprint density at radius 3 is 2.78 bits per heavy atom. The third-order valence-corrected chi connectivity index (χ3v) is 6.62. The predicted molar refractivity (Wildman–Crippen MR) is 133 cm³/mol. The summed E-state index contributed by atoms with van der Waals surface area (Å²) in [5, 5.41) is 17.4. The van der Waals surface area contributed by atoms with Gasteiger partial charge < -0.3 is 19.9 Å². The van der Waals surface area contributed by atoms with Crippen LogP contribution in [0.15, 0.2) is 48.7 Å². The predicted octanol–water partition coefficient (Wildman–Crippen LogP) is 2.84. The van der Waals surface area contributed by atoms with Gasteiger partial charge in [-0.05, 0) is 35.4 Å². The van der Waals surface area contributed by atoms with E-state index in [0.29, 0.717) is 37.3 Å². The van der Waals surface area contributed by atoms with Gasteiger partial charge in [-0.1, -0.05) is 12.1 Å². The number of carbonyl (C=O) groups is 2. The smallest absolute Gasteiger partial charge is 0.270 e. The minimum Gasteiger partial charge on any atom is -0.497 e. The summed E-state index contributed by atoms with van der Waals surface area (Å²) in [6.07, 6.45) is 2.73. The van der Waals surface area contributed by atoms with E-state index in [1.54, 1.807) is 35.9 Å². The molecule has 0 atom stereocenters. The average molecular weight is 483 g/mol. The Bertz CT molecular complexity index is 1490. The number of nitriles is 1. The molecule has 0 fully saturated rings. The van der Waals surface area contributed by atoms with E-state index in [-0.39, 0.29) is 18.2 Å². The number of fused-ring (bicyclic) bond motifs is 2. The summed E-state index contributed by atoms with van der Waals surface area (Å²) in [5.74, 6) is 0.521. The molecule has 0 unspecified atom stereocenters. The van der Waals surface area contributed by atoms with E-state index in [2.05, 4.69) is 21.5 Å². The lowest BCUT2D eigenvalue weighted by atomic mass is 10.0. The number of aromatic amines is 1. The number of H-pyrrole nitrogens is 1. The van der Waals surface area contributed by atoms with Crippen molar-refractivity contribution < 1.29 is 14.3 Å². The van der Waals surface area contributed by atoms with Gasteiger partial charge in [-0.15, -0.1) is 0 Å². The van der Waals surface area contributed by atoms with Gasteiger partial charge in [-0.25, -0.2) is 0 Å². The zero-order valence-corrected chi connectivity index (χ0v) is 20.2. The first kappa shape index (κ1) is 23.2. The molecule has 0 aliphatic carbocycles. The molecular formula is C27H26N6O3. The van der Waals surface area contributed by atoms with E-state index >= 15 is 0 Å². The maximum Gasteiger partial charge on any atom is 0.270 e. The van der Waals surface area contributed by atoms with E-state index < -0.39 is 0 Å². The van der Waals surface area contributed by atoms with Crippen LogP contribution in [0.25, 0.3) is 10.9 Å². The molecule has 4 aromatic rings. The van der Waals surface area contributed by atoms with Crippen LogP contribution in [0.4, 0.5) is 0 Å². The van der Waals surface area contributed by atoms with Gasteiger partial charge in [0.1, 0.15) is 11.4 Å². The molecule has 0 spiro atoms. The lowest BCUT2D eigenvalue weighted by Gasteiger charge is -2.27. The van der Waals surface area contributed by atoms with Gasteiger partial charge in [-0.2, -0.15) is 10.4 Å². The number of aryl methyl sites for hydroxylation is 1. The van der Waals surface area contributed by atoms with Gasteiger partial charge >= 0.3 is 0 Å². The fraction of sp³-hybridized carbons (Fsp3) is 0.259. The highest BCUT2D eigenvalue weighted by atomic mass is 16.5. The van der Waals surface area contributed by atoms with Crippen LogP contribution in [0.3, 0.4) is 0 Å². The quantitative estimate of drug-likeness (QED) is 0.438. The topological polar surface area (TPSA) is 116 Å². The Labute approximate surface area is 208 Å². The molecular weight excluding hydrogens is 456 g/mol. The van der Waals surface area contributed by atoms with Crippen molar-refractivity contribution in [3.8, 4) is 11.8 Å². The maximum absolute atomic E-state index is 13.2. The van der Waals surface area contributed by atoms with Crippen LogP contribution in [-0.2, 0) is 37.8 Å². The van der Waals surface area contributed by atoms with Gasteiger partial charge in [0.2, 0.25) is 5.91 Å². The summed E-state index contributed by atoms with van der Waals surface area (Å²) in [7, 11) is 3.38. The second-order valence-corrected chi connectivity index (χ2v) is 8.86. The van der Waals surface area contributed by atoms with Crippen LogP contribution in [0.1, 0.15) is 38.4 Å². The number of hydrogen-bond donors (Lipinski definition) is 2. The molecule has 3 heterocycles. The molecule has 1 aliphatic rings. The van der Waals surface area contributed by atoms with Crippen molar-refractivity contribution in [3.05, 3.63) is 82.3 Å². The number of nitrogens with one attached hydrogen (secondary N) is 2. The summed E-state index contributed by atoms with van der Waals surface area (Å²) < 4.78 is 6.88. The van der Waals surface area contributed by atoms with Crippen molar-refractivity contribution in [2.45, 2.75) is 25.9 Å². The third-order valence-electron chi connectivity index (χ3n) is 6.62. The van der Waals surface area contributed by atoms with Gasteiger partial charge in [0.15, 0.2) is 0 Å². The minimum atomic E-state index is -0.240. The fourth-order valence-corrected chi connectivity index (χ4v) is 4.67. The van der Waals surface area contributed by atoms with Crippen LogP contribution in [0.5, 0.6) is 5.75 Å². The standard InChI is InChI=1S/C27H26N6O3/c1-32-26(27(35)30-14-18-5-3-17(13-28)4-6-18)22-16-33(10-9-23(22)31-32)25(34)11-19-15-29-24-12-20(36-2)7-8-21(19)24/h3-8,12,15,29H,9-11,14,16H2,1-2H3,(H,30,35). The van der Waals surface area contributed by atoms with E-state index in [1.165, 1.54) is 0 Å². The second-order valence-electron chi connectivity index (χ2n) is 8.86. The third kappa shape index (κ3) is 4.41. The zero-order chi connectivity index (χ0) is 25.2. The minimum absolute atomic E-state index is 0.00478. The van der Waals surface area contributed by atoms with Crippen LogP contribution >= 0.6 is 0 Å². The summed E-state index contributed by atoms with van der Waals surface area (Å²) in [5.41, 5.74) is 5.42. The zero-order valence-electron chi connectivity index (χ0n) is 20.2. The van der Waals surface area contributed by atoms with Crippen molar-refractivity contribution >= 4 is 22.7 Å². The number of hydrogen-bond acceptors (Lipinski definition) is 5. The van der Waals surface area contributed by atoms with E-state index in [9.17, 15) is 9.59 Å². The second kappa shape index (κ2) is 9.58. The Kier molecular flexibility index (Phi) is 6.17. The molecule has 36 heavy (non-hydrogen) atoms. The molecule has 0 saturated carbocycles. The molecule has 9 heteroatoms. The van der Waals surface area contributed by atoms with Crippen molar-refractivity contribution in [3.63, 3.8) is 0 Å². The number of methoxy groups -OCH3 is 1. The first-order valence-electron chi connectivity index (χ1n) is 11.7. The molecule has 2 amide bonds. The van der Waals surface area contributed by atoms with Gasteiger partial charge in [0.25, 0.3) is 5.91 Å². The summed E-state index contributed by atoms with van der Waals surface area (Å²) in [6.45, 7) is 1.24. The lowest BCUT2D eigenvalue weighted by molar-refractivity contribution is -0.131. The lowest BCUT2D eigenvalue weighted by Crippen LogP contribution is -2.37. The number of aromatic nitrogens is 3. The fourth-order valence-electron chi connectivity index (χ4n) is 4.67. The Hall–Kier alpha value is -4.58. The van der Waals surface area contributed by atoms with E-state index in [4.69, 9.17) is 10.00 Å². The highest BCUT2D eigenvalue weighted by Crippen LogP contribution is 2.26. The molecule has 0 bridgehead atoms. The normalized spacial score (nSPS) is 12.8. The van der Waals surface area contributed by atoms with Crippen molar-refractivity contribution in [2.75, 3.05) is 13.7 Å². The highest BCUT2D eigenvalue weighted by molar-refractivity contribution is 5.95. The van der Waals surface area contributed by atoms with Crippen LogP contribution < -0.4 is 10.1 Å². The summed E-state index contributed by atoms with van der Waals surface area (Å²) in [4.78, 5) is 31.3. The summed E-state index contributed by atoms with van der Waals surface area (Å²) in [6, 6.07) is 14.9. The number of benzene rings is 2. The number of carbonyl (C=O) groups excluding carboxylic acids is 2. The molecule has 5 rings (SSSR count). The van der Waals surface area contributed by atoms with E-state index in [0.717, 1.165) is 39.0 Å². The molecule has 0 saturated heterocycles. The number of ether oxygens (including phenoxy) is 1. The maximum atomic E-state index is 13.2. The van der Waals surface area contributed by atoms with Crippen LogP contribution in [-0.4, -0.2) is 45.1 Å². The number of rotatable bonds is 6. The SMILES string of the molecule is COc1ccc2c(CC(=O)N3CCc4nn(C)c(C(=O)NCc5ccc(C#N)cc5)c4C3)c[nH]c2c1. The van der Waals surface area contributed by atoms with Gasteiger partial charge in [0, 0.05) is 61.8 Å². The first-order valence-corrected chi connectivity index (χ1v) is 11.7. The van der Waals surface area contributed by atoms with Gasteiger partial charge in [-0.3, -0.25) is 14.3 Å². The molecule has 9 nitrogen and oxygen atoms in total. The number of nitrogens with zero attached hydrogens (tertiary/aromatic N) is 4. The van der Waals surface area contributed by atoms with Crippen molar-refractivity contribution in [1.82, 2.24) is 25.0 Å². The number of amides is 2.